The highest BCUT2D eigenvalue weighted by Gasteiger charge is 2.21. The molecule has 2 amide bonds. The second-order valence-corrected chi connectivity index (χ2v) is 9.29. The molecule has 2 N–H and O–H groups in total. The first-order valence-corrected chi connectivity index (χ1v) is 12.0. The van der Waals surface area contributed by atoms with E-state index in [2.05, 4.69) is 15.6 Å². The van der Waals surface area contributed by atoms with Gasteiger partial charge in [-0.3, -0.25) is 9.59 Å². The third-order valence-electron chi connectivity index (χ3n) is 4.63. The van der Waals surface area contributed by atoms with Crippen molar-refractivity contribution in [1.29, 1.82) is 0 Å². The number of carbonyl (C=O) groups is 2. The molecule has 0 fully saturated rings. The summed E-state index contributed by atoms with van der Waals surface area (Å²) in [6.45, 7) is 10.7. The van der Waals surface area contributed by atoms with Crippen LogP contribution < -0.4 is 10.6 Å². The molecule has 1 aromatic carbocycles. The standard InChI is InChI=1S/C24H34N4O3S/c1-7-28(22(32-6)15-20-26-16-17(2)31-20)21(29)12-9-13-25-18-10-8-11-19(14-18)27-23(30)24(3,4)5/h8-11,13-15,17,25H,7,12,16H2,1-6H3,(H,27,30)/b13-9-,22-15-. The van der Waals surface area contributed by atoms with E-state index in [0.29, 0.717) is 19.0 Å². The molecule has 1 atom stereocenters. The van der Waals surface area contributed by atoms with Crippen LogP contribution in [-0.4, -0.2) is 48.1 Å². The number of amides is 2. The summed E-state index contributed by atoms with van der Waals surface area (Å²) in [5, 5.41) is 6.88. The van der Waals surface area contributed by atoms with Crippen LogP contribution in [0.15, 0.2) is 52.6 Å². The van der Waals surface area contributed by atoms with Gasteiger partial charge >= 0.3 is 0 Å². The van der Waals surface area contributed by atoms with Gasteiger partial charge in [0.25, 0.3) is 0 Å². The van der Waals surface area contributed by atoms with Gasteiger partial charge < -0.3 is 20.3 Å². The molecule has 0 saturated heterocycles. The van der Waals surface area contributed by atoms with Crippen molar-refractivity contribution in [2.24, 2.45) is 10.4 Å². The van der Waals surface area contributed by atoms with Crippen molar-refractivity contribution < 1.29 is 14.3 Å². The lowest BCUT2D eigenvalue weighted by molar-refractivity contribution is -0.127. The summed E-state index contributed by atoms with van der Waals surface area (Å²) >= 11 is 1.49. The number of thioether (sulfide) groups is 1. The smallest absolute Gasteiger partial charge is 0.231 e. The highest BCUT2D eigenvalue weighted by atomic mass is 32.2. The number of ether oxygens (including phenoxy) is 1. The fraction of sp³-hybridized carbons (Fsp3) is 0.458. The predicted molar refractivity (Wildman–Crippen MR) is 134 cm³/mol. The zero-order valence-electron chi connectivity index (χ0n) is 19.8. The van der Waals surface area contributed by atoms with Gasteiger partial charge in [0.2, 0.25) is 17.7 Å². The maximum Gasteiger partial charge on any atom is 0.231 e. The molecule has 7 nitrogen and oxygen atoms in total. The molecule has 1 unspecified atom stereocenters. The summed E-state index contributed by atoms with van der Waals surface area (Å²) < 4.78 is 5.64. The highest BCUT2D eigenvalue weighted by molar-refractivity contribution is 8.02. The number of anilines is 2. The van der Waals surface area contributed by atoms with E-state index in [4.69, 9.17) is 4.74 Å². The summed E-state index contributed by atoms with van der Waals surface area (Å²) in [5.41, 5.74) is 1.08. The zero-order chi connectivity index (χ0) is 23.7. The minimum absolute atomic E-state index is 0.0102. The Hall–Kier alpha value is -2.74. The first kappa shape index (κ1) is 25.5. The van der Waals surface area contributed by atoms with Gasteiger partial charge in [-0.05, 0) is 44.5 Å². The number of aliphatic imine (C=N–C) groups is 1. The van der Waals surface area contributed by atoms with Crippen molar-refractivity contribution in [2.75, 3.05) is 30.0 Å². The molecule has 32 heavy (non-hydrogen) atoms. The molecule has 0 aliphatic carbocycles. The average Bonchev–Trinajstić information content (AvgIpc) is 3.15. The third kappa shape index (κ3) is 7.75. The van der Waals surface area contributed by atoms with Gasteiger partial charge in [-0.2, -0.15) is 0 Å². The first-order chi connectivity index (χ1) is 15.1. The summed E-state index contributed by atoms with van der Waals surface area (Å²) in [5.74, 6) is 0.518. The summed E-state index contributed by atoms with van der Waals surface area (Å²) in [4.78, 5) is 31.0. The second kappa shape index (κ2) is 11.8. The molecular formula is C24H34N4O3S. The molecule has 1 heterocycles. The second-order valence-electron chi connectivity index (χ2n) is 8.47. The summed E-state index contributed by atoms with van der Waals surface area (Å²) in [6.07, 6.45) is 7.62. The molecular weight excluding hydrogens is 424 g/mol. The van der Waals surface area contributed by atoms with E-state index in [1.807, 2.05) is 71.2 Å². The van der Waals surface area contributed by atoms with Crippen molar-refractivity contribution >= 4 is 40.8 Å². The van der Waals surface area contributed by atoms with Crippen LogP contribution in [0, 0.1) is 5.41 Å². The maximum atomic E-state index is 12.8. The first-order valence-electron chi connectivity index (χ1n) is 10.7. The molecule has 1 aromatic rings. The van der Waals surface area contributed by atoms with Crippen LogP contribution in [0.25, 0.3) is 0 Å². The summed E-state index contributed by atoms with van der Waals surface area (Å²) in [6, 6.07) is 7.46. The van der Waals surface area contributed by atoms with Crippen LogP contribution in [0.1, 0.15) is 41.0 Å². The minimum atomic E-state index is -0.465. The van der Waals surface area contributed by atoms with Gasteiger partial charge in [0, 0.05) is 35.8 Å². The summed E-state index contributed by atoms with van der Waals surface area (Å²) in [7, 11) is 0. The highest BCUT2D eigenvalue weighted by Crippen LogP contribution is 2.21. The Labute approximate surface area is 195 Å². The Bertz CT molecular complexity index is 903. The van der Waals surface area contributed by atoms with Gasteiger partial charge in [-0.25, -0.2) is 4.99 Å². The van der Waals surface area contributed by atoms with Crippen molar-refractivity contribution in [3.63, 3.8) is 0 Å². The Morgan fingerprint density at radius 3 is 2.62 bits per heavy atom. The van der Waals surface area contributed by atoms with Crippen LogP contribution in [-0.2, 0) is 14.3 Å². The maximum absolute atomic E-state index is 12.8. The molecule has 2 rings (SSSR count). The number of benzene rings is 1. The van der Waals surface area contributed by atoms with E-state index in [0.717, 1.165) is 16.4 Å². The van der Waals surface area contributed by atoms with E-state index in [1.165, 1.54) is 11.8 Å². The topological polar surface area (TPSA) is 83.0 Å². The molecule has 0 aromatic heterocycles. The lowest BCUT2D eigenvalue weighted by atomic mass is 9.95. The Kier molecular flexibility index (Phi) is 9.38. The molecule has 0 radical (unpaired) electrons. The van der Waals surface area contributed by atoms with Gasteiger partial charge in [0.15, 0.2) is 0 Å². The van der Waals surface area contributed by atoms with Crippen LogP contribution in [0.4, 0.5) is 11.4 Å². The number of hydrogen-bond donors (Lipinski definition) is 2. The molecule has 1 aliphatic rings. The molecule has 8 heteroatoms. The number of carbonyl (C=O) groups excluding carboxylic acids is 2. The van der Waals surface area contributed by atoms with Crippen LogP contribution in [0.2, 0.25) is 0 Å². The largest absolute Gasteiger partial charge is 0.473 e. The van der Waals surface area contributed by atoms with Gasteiger partial charge in [0.05, 0.1) is 11.6 Å². The van der Waals surface area contributed by atoms with Crippen LogP contribution in [0.3, 0.4) is 0 Å². The number of rotatable bonds is 9. The van der Waals surface area contributed by atoms with Crippen molar-refractivity contribution in [1.82, 2.24) is 4.90 Å². The number of hydrogen-bond acceptors (Lipinski definition) is 6. The predicted octanol–water partition coefficient (Wildman–Crippen LogP) is 4.86. The zero-order valence-corrected chi connectivity index (χ0v) is 20.6. The van der Waals surface area contributed by atoms with Gasteiger partial charge in [0.1, 0.15) is 6.10 Å². The quantitative estimate of drug-likeness (QED) is 0.552. The number of nitrogens with one attached hydrogen (secondary N) is 2. The monoisotopic (exact) mass is 458 g/mol. The van der Waals surface area contributed by atoms with Crippen molar-refractivity contribution in [3.05, 3.63) is 47.6 Å². The Morgan fingerprint density at radius 2 is 2.03 bits per heavy atom. The molecule has 0 spiro atoms. The van der Waals surface area contributed by atoms with E-state index in [-0.39, 0.29) is 24.3 Å². The average molecular weight is 459 g/mol. The van der Waals surface area contributed by atoms with E-state index < -0.39 is 5.41 Å². The molecule has 0 bridgehead atoms. The van der Waals surface area contributed by atoms with Gasteiger partial charge in [-0.15, -0.1) is 11.8 Å². The van der Waals surface area contributed by atoms with Crippen LogP contribution in [0.5, 0.6) is 0 Å². The van der Waals surface area contributed by atoms with E-state index >= 15 is 0 Å². The van der Waals surface area contributed by atoms with E-state index in [1.54, 1.807) is 17.2 Å². The normalized spacial score (nSPS) is 16.5. The van der Waals surface area contributed by atoms with Crippen molar-refractivity contribution in [3.8, 4) is 0 Å². The number of nitrogens with zero attached hydrogens (tertiary/aromatic N) is 2. The van der Waals surface area contributed by atoms with Crippen molar-refractivity contribution in [2.45, 2.75) is 47.1 Å². The Balaban J connectivity index is 1.94. The fourth-order valence-corrected chi connectivity index (χ4v) is 3.49. The minimum Gasteiger partial charge on any atom is -0.473 e. The fourth-order valence-electron chi connectivity index (χ4n) is 2.82. The molecule has 1 aliphatic heterocycles. The molecule has 0 saturated carbocycles. The Morgan fingerprint density at radius 1 is 1.31 bits per heavy atom. The van der Waals surface area contributed by atoms with Crippen LogP contribution >= 0.6 is 11.8 Å². The third-order valence-corrected chi connectivity index (χ3v) is 5.38. The molecule has 174 valence electrons. The lowest BCUT2D eigenvalue weighted by Gasteiger charge is -2.22. The lowest BCUT2D eigenvalue weighted by Crippen LogP contribution is -2.29. The SMILES string of the molecule is CCN(C(=O)C/C=C\Nc1cccc(NC(=O)C(C)(C)C)c1)/C(=C/C1=NCC(C)O1)SC. The van der Waals surface area contributed by atoms with E-state index in [9.17, 15) is 9.59 Å². The van der Waals surface area contributed by atoms with Gasteiger partial charge in [-0.1, -0.05) is 32.9 Å².